The molecule has 2 aromatic heterocycles. The minimum atomic E-state index is -4.48. The SMILES string of the molecule is CCN1C(=O)/C(=C/c2ccc(-c3cc(C(F)(F)F)nn3C)s2)SC1=S. The van der Waals surface area contributed by atoms with E-state index in [-0.39, 0.29) is 5.91 Å². The van der Waals surface area contributed by atoms with E-state index in [9.17, 15) is 18.0 Å². The van der Waals surface area contributed by atoms with Gasteiger partial charge in [0.05, 0.1) is 15.5 Å². The lowest BCUT2D eigenvalue weighted by atomic mass is 10.3. The van der Waals surface area contributed by atoms with Gasteiger partial charge in [-0.05, 0) is 31.2 Å². The van der Waals surface area contributed by atoms with Gasteiger partial charge in [0.25, 0.3) is 5.91 Å². The number of thiophene rings is 1. The van der Waals surface area contributed by atoms with Crippen molar-refractivity contribution in [1.82, 2.24) is 14.7 Å². The first-order valence-corrected chi connectivity index (χ1v) is 9.21. The Hall–Kier alpha value is -1.65. The first-order valence-electron chi connectivity index (χ1n) is 7.17. The van der Waals surface area contributed by atoms with Crippen molar-refractivity contribution < 1.29 is 18.0 Å². The van der Waals surface area contributed by atoms with Crippen LogP contribution in [0.3, 0.4) is 0 Å². The molecule has 1 aliphatic rings. The van der Waals surface area contributed by atoms with Crippen LogP contribution in [0.4, 0.5) is 13.2 Å². The van der Waals surface area contributed by atoms with E-state index < -0.39 is 11.9 Å². The number of aromatic nitrogens is 2. The number of halogens is 3. The second kappa shape index (κ2) is 6.58. The Morgan fingerprint density at radius 2 is 2.08 bits per heavy atom. The number of aryl methyl sites for hydroxylation is 1. The number of thiocarbonyl (C=S) groups is 1. The van der Waals surface area contributed by atoms with Crippen LogP contribution in [0.5, 0.6) is 0 Å². The maximum atomic E-state index is 12.8. The van der Waals surface area contributed by atoms with Gasteiger partial charge in [-0.2, -0.15) is 18.3 Å². The van der Waals surface area contributed by atoms with Gasteiger partial charge in [-0.25, -0.2) is 0 Å². The summed E-state index contributed by atoms with van der Waals surface area (Å²) in [6.07, 6.45) is -2.77. The van der Waals surface area contributed by atoms with E-state index >= 15 is 0 Å². The van der Waals surface area contributed by atoms with Gasteiger partial charge in [-0.3, -0.25) is 14.4 Å². The van der Waals surface area contributed by atoms with Gasteiger partial charge in [0, 0.05) is 18.5 Å². The summed E-state index contributed by atoms with van der Waals surface area (Å²) in [4.78, 5) is 15.6. The van der Waals surface area contributed by atoms with Gasteiger partial charge in [0.2, 0.25) is 0 Å². The maximum absolute atomic E-state index is 12.8. The molecule has 0 N–H and O–H groups in total. The summed E-state index contributed by atoms with van der Waals surface area (Å²) in [5, 5.41) is 3.51. The van der Waals surface area contributed by atoms with Crippen LogP contribution in [0, 0.1) is 0 Å². The van der Waals surface area contributed by atoms with Crippen molar-refractivity contribution in [3.05, 3.63) is 33.7 Å². The van der Waals surface area contributed by atoms with Crippen LogP contribution in [0.25, 0.3) is 16.6 Å². The van der Waals surface area contributed by atoms with Crippen molar-refractivity contribution in [2.24, 2.45) is 7.05 Å². The Kier molecular flexibility index (Phi) is 4.78. The summed E-state index contributed by atoms with van der Waals surface area (Å²) in [6, 6.07) is 4.50. The Morgan fingerprint density at radius 3 is 2.64 bits per heavy atom. The first kappa shape index (κ1) is 18.2. The molecule has 0 spiro atoms. The molecule has 0 aromatic carbocycles. The molecular formula is C15H12F3N3OS3. The second-order valence-corrected chi connectivity index (χ2v) is 7.96. The van der Waals surface area contributed by atoms with E-state index in [1.165, 1.54) is 39.7 Å². The molecule has 1 aliphatic heterocycles. The van der Waals surface area contributed by atoms with Crippen LogP contribution in [-0.4, -0.2) is 31.5 Å². The minimum Gasteiger partial charge on any atom is -0.293 e. The number of carbonyl (C=O) groups excluding carboxylic acids is 1. The van der Waals surface area contributed by atoms with Crippen molar-refractivity contribution in [3.63, 3.8) is 0 Å². The van der Waals surface area contributed by atoms with Gasteiger partial charge in [0.15, 0.2) is 5.69 Å². The van der Waals surface area contributed by atoms with Crippen molar-refractivity contribution in [2.45, 2.75) is 13.1 Å². The molecule has 3 heterocycles. The smallest absolute Gasteiger partial charge is 0.293 e. The predicted molar refractivity (Wildman–Crippen MR) is 97.1 cm³/mol. The zero-order valence-corrected chi connectivity index (χ0v) is 15.6. The van der Waals surface area contributed by atoms with Crippen LogP contribution >= 0.6 is 35.3 Å². The number of hydrogen-bond acceptors (Lipinski definition) is 5. The van der Waals surface area contributed by atoms with Crippen LogP contribution in [0.2, 0.25) is 0 Å². The minimum absolute atomic E-state index is 0.146. The van der Waals surface area contributed by atoms with Crippen molar-refractivity contribution >= 4 is 51.6 Å². The van der Waals surface area contributed by atoms with E-state index in [0.29, 0.717) is 26.3 Å². The second-order valence-electron chi connectivity index (χ2n) is 5.16. The number of amides is 1. The highest BCUT2D eigenvalue weighted by molar-refractivity contribution is 8.26. The van der Waals surface area contributed by atoms with Gasteiger partial charge in [-0.1, -0.05) is 24.0 Å². The number of nitrogens with zero attached hydrogens (tertiary/aromatic N) is 3. The number of carbonyl (C=O) groups is 1. The van der Waals surface area contributed by atoms with E-state index in [1.807, 2.05) is 6.92 Å². The molecule has 0 atom stereocenters. The molecule has 1 amide bonds. The van der Waals surface area contributed by atoms with E-state index in [1.54, 1.807) is 18.2 Å². The molecule has 132 valence electrons. The molecule has 0 radical (unpaired) electrons. The zero-order chi connectivity index (χ0) is 18.4. The van der Waals surface area contributed by atoms with Crippen molar-refractivity contribution in [3.8, 4) is 10.6 Å². The topological polar surface area (TPSA) is 38.1 Å². The molecule has 10 heteroatoms. The molecule has 4 nitrogen and oxygen atoms in total. The number of alkyl halides is 3. The molecule has 3 rings (SSSR count). The van der Waals surface area contributed by atoms with Crippen LogP contribution in [0.1, 0.15) is 17.5 Å². The average molecular weight is 403 g/mol. The monoisotopic (exact) mass is 403 g/mol. The third-order valence-corrected chi connectivity index (χ3v) is 5.95. The standard InChI is InChI=1S/C15H12F3N3OS3/c1-3-21-13(22)11(25-14(21)23)6-8-4-5-10(24-8)9-7-12(15(16,17)18)19-20(9)2/h4-7H,3H2,1-2H3/b11-6-. The fraction of sp³-hybridized carbons (Fsp3) is 0.267. The number of likely N-dealkylation sites (N-methyl/N-ethyl adjacent to an activating group) is 1. The summed E-state index contributed by atoms with van der Waals surface area (Å²) >= 11 is 7.68. The molecule has 0 unspecified atom stereocenters. The third-order valence-electron chi connectivity index (χ3n) is 3.51. The van der Waals surface area contributed by atoms with Gasteiger partial charge in [-0.15, -0.1) is 11.3 Å². The molecule has 25 heavy (non-hydrogen) atoms. The zero-order valence-electron chi connectivity index (χ0n) is 13.1. The lowest BCUT2D eigenvalue weighted by molar-refractivity contribution is -0.141. The fourth-order valence-electron chi connectivity index (χ4n) is 2.31. The van der Waals surface area contributed by atoms with E-state index in [0.717, 1.165) is 10.9 Å². The number of thioether (sulfide) groups is 1. The molecule has 2 aromatic rings. The Balaban J connectivity index is 1.89. The lowest BCUT2D eigenvalue weighted by Gasteiger charge is -2.09. The Bertz CT molecular complexity index is 882. The largest absolute Gasteiger partial charge is 0.435 e. The van der Waals surface area contributed by atoms with Crippen molar-refractivity contribution in [2.75, 3.05) is 6.54 Å². The summed E-state index contributed by atoms with van der Waals surface area (Å²) in [5.74, 6) is -0.146. The maximum Gasteiger partial charge on any atom is 0.435 e. The summed E-state index contributed by atoms with van der Waals surface area (Å²) in [7, 11) is 1.47. The Labute approximate surface area is 155 Å². The lowest BCUT2D eigenvalue weighted by Crippen LogP contribution is -2.27. The highest BCUT2D eigenvalue weighted by atomic mass is 32.2. The normalized spacial score (nSPS) is 17.2. The molecule has 1 saturated heterocycles. The predicted octanol–water partition coefficient (Wildman–Crippen LogP) is 4.39. The third kappa shape index (κ3) is 3.51. The van der Waals surface area contributed by atoms with Crippen LogP contribution < -0.4 is 0 Å². The molecular weight excluding hydrogens is 391 g/mol. The molecule has 0 saturated carbocycles. The summed E-state index contributed by atoms with van der Waals surface area (Å²) in [5.41, 5.74) is -0.554. The average Bonchev–Trinajstić information content (AvgIpc) is 3.18. The van der Waals surface area contributed by atoms with Crippen molar-refractivity contribution in [1.29, 1.82) is 0 Å². The molecule has 1 fully saturated rings. The number of hydrogen-bond donors (Lipinski definition) is 0. The molecule has 0 aliphatic carbocycles. The first-order chi connectivity index (χ1) is 11.7. The fourth-order valence-corrected chi connectivity index (χ4v) is 4.75. The highest BCUT2D eigenvalue weighted by Crippen LogP contribution is 2.37. The van der Waals surface area contributed by atoms with Gasteiger partial charge >= 0.3 is 6.18 Å². The summed E-state index contributed by atoms with van der Waals surface area (Å²) < 4.78 is 40.1. The van der Waals surface area contributed by atoms with E-state index in [2.05, 4.69) is 5.10 Å². The van der Waals surface area contributed by atoms with E-state index in [4.69, 9.17) is 12.2 Å². The quantitative estimate of drug-likeness (QED) is 0.563. The van der Waals surface area contributed by atoms with Gasteiger partial charge in [0.1, 0.15) is 4.32 Å². The summed E-state index contributed by atoms with van der Waals surface area (Å²) in [6.45, 7) is 2.35. The van der Waals surface area contributed by atoms with Gasteiger partial charge < -0.3 is 0 Å². The van der Waals surface area contributed by atoms with Crippen LogP contribution in [-0.2, 0) is 18.0 Å². The molecule has 0 bridgehead atoms. The number of rotatable bonds is 3. The van der Waals surface area contributed by atoms with Crippen LogP contribution in [0.15, 0.2) is 23.1 Å². The highest BCUT2D eigenvalue weighted by Gasteiger charge is 2.35. The Morgan fingerprint density at radius 1 is 1.36 bits per heavy atom.